The normalized spacial score (nSPS) is 16.1. The summed E-state index contributed by atoms with van der Waals surface area (Å²) in [6.07, 6.45) is 2.95. The number of nitriles is 1. The van der Waals surface area contributed by atoms with Crippen molar-refractivity contribution >= 4 is 23.2 Å². The van der Waals surface area contributed by atoms with E-state index in [2.05, 4.69) is 11.4 Å². The summed E-state index contributed by atoms with van der Waals surface area (Å²) in [5, 5.41) is 12.5. The van der Waals surface area contributed by atoms with Gasteiger partial charge < -0.3 is 14.8 Å². The van der Waals surface area contributed by atoms with Crippen LogP contribution < -0.4 is 14.8 Å². The second-order valence-electron chi connectivity index (χ2n) is 5.04. The van der Waals surface area contributed by atoms with Gasteiger partial charge in [0.2, 0.25) is 5.91 Å². The van der Waals surface area contributed by atoms with E-state index in [9.17, 15) is 10.1 Å². The number of hydrogen-bond acceptors (Lipinski definition) is 4. The van der Waals surface area contributed by atoms with E-state index < -0.39 is 5.41 Å². The molecule has 21 heavy (non-hydrogen) atoms. The highest BCUT2D eigenvalue weighted by Gasteiger charge is 2.41. The first kappa shape index (κ1) is 15.5. The number of carbonyl (C=O) groups excluding carboxylic acids is 1. The van der Waals surface area contributed by atoms with Crippen molar-refractivity contribution < 1.29 is 14.3 Å². The number of hydrogen-bond donors (Lipinski definition) is 1. The van der Waals surface area contributed by atoms with Crippen LogP contribution in [-0.2, 0) is 4.79 Å². The fourth-order valence-corrected chi connectivity index (χ4v) is 2.80. The van der Waals surface area contributed by atoms with Crippen molar-refractivity contribution in [3.63, 3.8) is 0 Å². The number of ether oxygens (including phenoxy) is 2. The van der Waals surface area contributed by atoms with Gasteiger partial charge in [-0.3, -0.25) is 4.79 Å². The molecule has 0 aromatic heterocycles. The zero-order valence-corrected chi connectivity index (χ0v) is 12.8. The summed E-state index contributed by atoms with van der Waals surface area (Å²) in [6.45, 7) is 0. The molecule has 1 aliphatic carbocycles. The molecule has 0 unspecified atom stereocenters. The maximum absolute atomic E-state index is 12.5. The highest BCUT2D eigenvalue weighted by molar-refractivity contribution is 6.32. The average Bonchev–Trinajstić information content (AvgIpc) is 2.98. The Kier molecular flexibility index (Phi) is 4.59. The minimum absolute atomic E-state index is 0.301. The summed E-state index contributed by atoms with van der Waals surface area (Å²) in [5.74, 6) is 0.565. The van der Waals surface area contributed by atoms with Gasteiger partial charge in [-0.1, -0.05) is 24.4 Å². The van der Waals surface area contributed by atoms with Crippen LogP contribution in [0.2, 0.25) is 5.02 Å². The summed E-state index contributed by atoms with van der Waals surface area (Å²) in [6, 6.07) is 5.33. The second kappa shape index (κ2) is 6.23. The largest absolute Gasteiger partial charge is 0.495 e. The molecule has 0 radical (unpaired) electrons. The van der Waals surface area contributed by atoms with E-state index in [1.165, 1.54) is 14.2 Å². The Morgan fingerprint density at radius 3 is 2.43 bits per heavy atom. The molecule has 1 N–H and O–H groups in total. The van der Waals surface area contributed by atoms with Gasteiger partial charge in [0.15, 0.2) is 0 Å². The lowest BCUT2D eigenvalue weighted by Gasteiger charge is -2.20. The fraction of sp³-hybridized carbons (Fsp3) is 0.467. The lowest BCUT2D eigenvalue weighted by molar-refractivity contribution is -0.122. The molecule has 0 aliphatic heterocycles. The summed E-state index contributed by atoms with van der Waals surface area (Å²) in [4.78, 5) is 12.5. The minimum atomic E-state index is -0.947. The number of nitrogens with zero attached hydrogens (tertiary/aromatic N) is 1. The number of anilines is 1. The molecule has 5 nitrogen and oxygen atoms in total. The highest BCUT2D eigenvalue weighted by atomic mass is 35.5. The predicted molar refractivity (Wildman–Crippen MR) is 79.7 cm³/mol. The van der Waals surface area contributed by atoms with Crippen molar-refractivity contribution in [1.82, 2.24) is 0 Å². The molecule has 0 spiro atoms. The quantitative estimate of drug-likeness (QED) is 0.925. The second-order valence-corrected chi connectivity index (χ2v) is 5.45. The number of amides is 1. The van der Waals surface area contributed by atoms with E-state index in [0.717, 1.165) is 12.8 Å². The van der Waals surface area contributed by atoms with Crippen molar-refractivity contribution in [3.05, 3.63) is 17.2 Å². The van der Waals surface area contributed by atoms with Crippen LogP contribution in [0.1, 0.15) is 25.7 Å². The molecule has 1 aromatic carbocycles. The molecule has 6 heteroatoms. The summed E-state index contributed by atoms with van der Waals surface area (Å²) in [7, 11) is 2.98. The number of rotatable bonds is 4. The molecular formula is C15H17ClN2O3. The van der Waals surface area contributed by atoms with Crippen LogP contribution in [0.4, 0.5) is 5.69 Å². The van der Waals surface area contributed by atoms with E-state index in [0.29, 0.717) is 35.1 Å². The maximum Gasteiger partial charge on any atom is 0.244 e. The molecule has 0 atom stereocenters. The molecule has 1 amide bonds. The van der Waals surface area contributed by atoms with Crippen molar-refractivity contribution in [3.8, 4) is 17.6 Å². The minimum Gasteiger partial charge on any atom is -0.495 e. The van der Waals surface area contributed by atoms with Gasteiger partial charge in [-0.2, -0.15) is 5.26 Å². The van der Waals surface area contributed by atoms with E-state index in [4.69, 9.17) is 21.1 Å². The van der Waals surface area contributed by atoms with E-state index in [1.54, 1.807) is 12.1 Å². The summed E-state index contributed by atoms with van der Waals surface area (Å²) < 4.78 is 10.4. The van der Waals surface area contributed by atoms with Crippen molar-refractivity contribution in [1.29, 1.82) is 5.26 Å². The predicted octanol–water partition coefficient (Wildman–Crippen LogP) is 3.38. The first-order valence-electron chi connectivity index (χ1n) is 6.70. The molecular weight excluding hydrogens is 292 g/mol. The molecule has 0 bridgehead atoms. The Labute approximate surface area is 128 Å². The van der Waals surface area contributed by atoms with Gasteiger partial charge in [0.1, 0.15) is 16.9 Å². The Hall–Kier alpha value is -1.93. The highest BCUT2D eigenvalue weighted by Crippen LogP contribution is 2.41. The van der Waals surface area contributed by atoms with Gasteiger partial charge >= 0.3 is 0 Å². The first-order chi connectivity index (χ1) is 10.1. The van der Waals surface area contributed by atoms with Crippen LogP contribution in [0.3, 0.4) is 0 Å². The number of carbonyl (C=O) groups is 1. The molecule has 1 aliphatic rings. The van der Waals surface area contributed by atoms with Crippen molar-refractivity contribution in [2.24, 2.45) is 5.41 Å². The summed E-state index contributed by atoms with van der Waals surface area (Å²) in [5.41, 5.74) is -0.497. The standard InChI is InChI=1S/C15H17ClN2O3/c1-20-12-8-11(13(21-2)7-10(12)16)18-14(19)15(9-17)5-3-4-6-15/h7-8H,3-6H2,1-2H3,(H,18,19). The molecule has 0 saturated heterocycles. The molecule has 2 rings (SSSR count). The Morgan fingerprint density at radius 1 is 1.29 bits per heavy atom. The topological polar surface area (TPSA) is 71.3 Å². The van der Waals surface area contributed by atoms with Gasteiger partial charge in [0.05, 0.1) is 31.0 Å². The van der Waals surface area contributed by atoms with E-state index >= 15 is 0 Å². The van der Waals surface area contributed by atoms with Gasteiger partial charge in [-0.05, 0) is 12.8 Å². The molecule has 1 fully saturated rings. The fourth-order valence-electron chi connectivity index (χ4n) is 2.57. The molecule has 1 aromatic rings. The third-order valence-electron chi connectivity index (χ3n) is 3.83. The lowest BCUT2D eigenvalue weighted by Crippen LogP contribution is -2.32. The lowest BCUT2D eigenvalue weighted by atomic mass is 9.87. The van der Waals surface area contributed by atoms with Gasteiger partial charge in [-0.15, -0.1) is 0 Å². The third kappa shape index (κ3) is 2.91. The van der Waals surface area contributed by atoms with Crippen LogP contribution >= 0.6 is 11.6 Å². The third-order valence-corrected chi connectivity index (χ3v) is 4.12. The average molecular weight is 309 g/mol. The van der Waals surface area contributed by atoms with Crippen molar-refractivity contribution in [2.45, 2.75) is 25.7 Å². The molecule has 1 saturated carbocycles. The number of benzene rings is 1. The van der Waals surface area contributed by atoms with Crippen LogP contribution in [-0.4, -0.2) is 20.1 Å². The Balaban J connectivity index is 2.30. The number of methoxy groups -OCH3 is 2. The van der Waals surface area contributed by atoms with Crippen LogP contribution in [0, 0.1) is 16.7 Å². The van der Waals surface area contributed by atoms with Crippen molar-refractivity contribution in [2.75, 3.05) is 19.5 Å². The van der Waals surface area contributed by atoms with E-state index in [-0.39, 0.29) is 5.91 Å². The zero-order valence-electron chi connectivity index (χ0n) is 12.0. The smallest absolute Gasteiger partial charge is 0.244 e. The van der Waals surface area contributed by atoms with E-state index in [1.807, 2.05) is 0 Å². The zero-order chi connectivity index (χ0) is 15.5. The van der Waals surface area contributed by atoms with Crippen LogP contribution in [0.15, 0.2) is 12.1 Å². The number of nitrogens with one attached hydrogen (secondary N) is 1. The summed E-state index contributed by atoms with van der Waals surface area (Å²) >= 11 is 6.03. The molecule has 0 heterocycles. The van der Waals surface area contributed by atoms with Gasteiger partial charge in [-0.25, -0.2) is 0 Å². The van der Waals surface area contributed by atoms with Gasteiger partial charge in [0, 0.05) is 12.1 Å². The number of halogens is 1. The monoisotopic (exact) mass is 308 g/mol. The molecule has 112 valence electrons. The Bertz CT molecular complexity index is 589. The maximum atomic E-state index is 12.5. The van der Waals surface area contributed by atoms with Gasteiger partial charge in [0.25, 0.3) is 0 Å². The first-order valence-corrected chi connectivity index (χ1v) is 7.08. The Morgan fingerprint density at radius 2 is 1.90 bits per heavy atom. The van der Waals surface area contributed by atoms with Crippen LogP contribution in [0.5, 0.6) is 11.5 Å². The van der Waals surface area contributed by atoms with Crippen LogP contribution in [0.25, 0.3) is 0 Å². The SMILES string of the molecule is COc1cc(NC(=O)C2(C#N)CCCC2)c(OC)cc1Cl.